The van der Waals surface area contributed by atoms with Gasteiger partial charge in [0.25, 0.3) is 0 Å². The van der Waals surface area contributed by atoms with Crippen LogP contribution in [-0.4, -0.2) is 55.8 Å². The largest absolute Gasteiger partial charge is 0.497 e. The van der Waals surface area contributed by atoms with Crippen LogP contribution in [0.15, 0.2) is 34.9 Å². The van der Waals surface area contributed by atoms with Crippen molar-refractivity contribution in [1.82, 2.24) is 15.8 Å². The summed E-state index contributed by atoms with van der Waals surface area (Å²) in [5, 5.41) is 9.44. The number of amides is 3. The second-order valence-corrected chi connectivity index (χ2v) is 7.84. The molecule has 0 bridgehead atoms. The lowest BCUT2D eigenvalue weighted by molar-refractivity contribution is -0.126. The monoisotopic (exact) mass is 458 g/mol. The highest BCUT2D eigenvalue weighted by Gasteiger charge is 2.24. The minimum absolute atomic E-state index is 0.000625. The fourth-order valence-electron chi connectivity index (χ4n) is 3.44. The molecule has 0 saturated carbocycles. The number of hydrogen-bond donors (Lipinski definition) is 2. The lowest BCUT2D eigenvalue weighted by Gasteiger charge is -2.20. The summed E-state index contributed by atoms with van der Waals surface area (Å²) in [6, 6.07) is 8.94. The first-order valence-electron chi connectivity index (χ1n) is 11.0. The van der Waals surface area contributed by atoms with E-state index in [0.717, 1.165) is 18.4 Å². The maximum Gasteiger partial charge on any atom is 0.240 e. The van der Waals surface area contributed by atoms with Crippen molar-refractivity contribution < 1.29 is 28.4 Å². The van der Waals surface area contributed by atoms with Gasteiger partial charge in [0, 0.05) is 38.6 Å². The minimum Gasteiger partial charge on any atom is -0.497 e. The van der Waals surface area contributed by atoms with Crippen LogP contribution in [0.3, 0.4) is 0 Å². The molecule has 0 unspecified atom stereocenters. The number of ether oxygens (including phenoxy) is 2. The highest BCUT2D eigenvalue weighted by atomic mass is 16.5. The van der Waals surface area contributed by atoms with Crippen molar-refractivity contribution in [1.29, 1.82) is 0 Å². The molecule has 0 aliphatic carbocycles. The molecule has 3 rings (SSSR count). The number of aromatic nitrogens is 1. The summed E-state index contributed by atoms with van der Waals surface area (Å²) in [4.78, 5) is 38.8. The van der Waals surface area contributed by atoms with E-state index in [1.165, 1.54) is 4.90 Å². The van der Waals surface area contributed by atoms with E-state index in [2.05, 4.69) is 15.8 Å². The number of aryl methyl sites for hydroxylation is 1. The predicted molar refractivity (Wildman–Crippen MR) is 120 cm³/mol. The Kier molecular flexibility index (Phi) is 8.82. The molecule has 10 heteroatoms. The van der Waals surface area contributed by atoms with E-state index in [-0.39, 0.29) is 43.1 Å². The Morgan fingerprint density at radius 3 is 2.73 bits per heavy atom. The summed E-state index contributed by atoms with van der Waals surface area (Å²) < 4.78 is 15.7. The van der Waals surface area contributed by atoms with Crippen LogP contribution in [-0.2, 0) is 25.7 Å². The Bertz CT molecular complexity index is 954. The lowest BCUT2D eigenvalue weighted by atomic mass is 10.2. The van der Waals surface area contributed by atoms with Gasteiger partial charge in [0.05, 0.1) is 13.2 Å². The molecule has 0 radical (unpaired) electrons. The molecular formula is C23H30N4O6. The van der Waals surface area contributed by atoms with Crippen molar-refractivity contribution in [3.05, 3.63) is 41.7 Å². The molecule has 1 aliphatic heterocycles. The van der Waals surface area contributed by atoms with E-state index >= 15 is 0 Å². The minimum atomic E-state index is -0.396. The molecule has 1 atom stereocenters. The van der Waals surface area contributed by atoms with Gasteiger partial charge in [-0.3, -0.25) is 19.3 Å². The predicted octanol–water partition coefficient (Wildman–Crippen LogP) is 1.72. The van der Waals surface area contributed by atoms with Crippen LogP contribution in [0.4, 0.5) is 5.82 Å². The number of carbonyl (C=O) groups excluding carboxylic acids is 3. The zero-order chi connectivity index (χ0) is 23.6. The van der Waals surface area contributed by atoms with Crippen LogP contribution in [0.1, 0.15) is 37.0 Å². The second-order valence-electron chi connectivity index (χ2n) is 7.84. The van der Waals surface area contributed by atoms with Gasteiger partial charge >= 0.3 is 0 Å². The zero-order valence-electron chi connectivity index (χ0n) is 19.0. The SMILES string of the molecule is COc1cccc(CNC(=O)CCC(=O)N(CC(=O)NC[C@H]2CCCO2)c2cc(C)on2)c1. The van der Waals surface area contributed by atoms with E-state index in [1.807, 2.05) is 24.3 Å². The number of rotatable bonds is 11. The quantitative estimate of drug-likeness (QED) is 0.526. The standard InChI is InChI=1S/C23H30N4O6/c1-16-11-20(26-33-16)27(15-22(29)25-14-19-7-4-10-32-19)23(30)9-8-21(28)24-13-17-5-3-6-18(12-17)31-2/h3,5-6,11-12,19H,4,7-10,13-15H2,1-2H3,(H,24,28)(H,25,29)/t19-/m1/s1. The van der Waals surface area contributed by atoms with Gasteiger partial charge in [-0.05, 0) is 37.5 Å². The van der Waals surface area contributed by atoms with Crippen LogP contribution in [0.2, 0.25) is 0 Å². The maximum absolute atomic E-state index is 12.9. The molecule has 178 valence electrons. The average Bonchev–Trinajstić information content (AvgIpc) is 3.50. The van der Waals surface area contributed by atoms with Gasteiger partial charge in [-0.25, -0.2) is 0 Å². The third kappa shape index (κ3) is 7.60. The molecule has 10 nitrogen and oxygen atoms in total. The molecule has 1 aromatic carbocycles. The van der Waals surface area contributed by atoms with Crippen molar-refractivity contribution in [3.63, 3.8) is 0 Å². The van der Waals surface area contributed by atoms with Gasteiger partial charge in [-0.15, -0.1) is 0 Å². The number of anilines is 1. The van der Waals surface area contributed by atoms with Gasteiger partial charge in [-0.2, -0.15) is 0 Å². The van der Waals surface area contributed by atoms with Crippen molar-refractivity contribution in [2.75, 3.05) is 31.7 Å². The first-order chi connectivity index (χ1) is 15.9. The molecule has 2 aromatic rings. The fourth-order valence-corrected chi connectivity index (χ4v) is 3.44. The number of carbonyl (C=O) groups is 3. The van der Waals surface area contributed by atoms with Gasteiger partial charge in [-0.1, -0.05) is 17.3 Å². The van der Waals surface area contributed by atoms with Crippen molar-refractivity contribution in [3.8, 4) is 5.75 Å². The van der Waals surface area contributed by atoms with E-state index < -0.39 is 5.91 Å². The summed E-state index contributed by atoms with van der Waals surface area (Å²) in [6.45, 7) is 2.89. The van der Waals surface area contributed by atoms with Crippen LogP contribution in [0, 0.1) is 6.92 Å². The molecule has 1 aromatic heterocycles. The smallest absolute Gasteiger partial charge is 0.240 e. The third-order valence-corrected chi connectivity index (χ3v) is 5.24. The molecule has 1 fully saturated rings. The summed E-state index contributed by atoms with van der Waals surface area (Å²) in [7, 11) is 1.58. The van der Waals surface area contributed by atoms with Gasteiger partial charge in [0.1, 0.15) is 18.1 Å². The summed E-state index contributed by atoms with van der Waals surface area (Å²) in [5.74, 6) is 0.452. The van der Waals surface area contributed by atoms with Crippen molar-refractivity contribution >= 4 is 23.5 Å². The molecule has 2 heterocycles. The number of methoxy groups -OCH3 is 1. The average molecular weight is 459 g/mol. The lowest BCUT2D eigenvalue weighted by Crippen LogP contribution is -2.43. The van der Waals surface area contributed by atoms with E-state index in [1.54, 1.807) is 20.1 Å². The first kappa shape index (κ1) is 24.2. The fraction of sp³-hybridized carbons (Fsp3) is 0.478. The van der Waals surface area contributed by atoms with Crippen LogP contribution in [0.5, 0.6) is 5.75 Å². The van der Waals surface area contributed by atoms with Gasteiger partial charge in [0.2, 0.25) is 17.7 Å². The Morgan fingerprint density at radius 2 is 2.03 bits per heavy atom. The molecular weight excluding hydrogens is 428 g/mol. The number of benzene rings is 1. The summed E-state index contributed by atoms with van der Waals surface area (Å²) in [5.41, 5.74) is 0.886. The maximum atomic E-state index is 12.9. The first-order valence-corrected chi connectivity index (χ1v) is 11.0. The third-order valence-electron chi connectivity index (χ3n) is 5.24. The zero-order valence-corrected chi connectivity index (χ0v) is 19.0. The number of nitrogens with one attached hydrogen (secondary N) is 2. The summed E-state index contributed by atoms with van der Waals surface area (Å²) >= 11 is 0. The highest BCUT2D eigenvalue weighted by molar-refractivity contribution is 5.99. The van der Waals surface area contributed by atoms with Gasteiger partial charge < -0.3 is 24.6 Å². The number of nitrogens with zero attached hydrogens (tertiary/aromatic N) is 2. The topological polar surface area (TPSA) is 123 Å². The molecule has 1 saturated heterocycles. The van der Waals surface area contributed by atoms with Crippen LogP contribution >= 0.6 is 0 Å². The van der Waals surface area contributed by atoms with Gasteiger partial charge in [0.15, 0.2) is 5.82 Å². The normalized spacial score (nSPS) is 15.2. The molecule has 1 aliphatic rings. The van der Waals surface area contributed by atoms with Crippen molar-refractivity contribution in [2.45, 2.75) is 45.3 Å². The number of hydrogen-bond acceptors (Lipinski definition) is 7. The Balaban J connectivity index is 1.51. The second kappa shape index (κ2) is 12.0. The Hall–Kier alpha value is -3.40. The molecule has 33 heavy (non-hydrogen) atoms. The van der Waals surface area contributed by atoms with E-state index in [0.29, 0.717) is 31.2 Å². The Morgan fingerprint density at radius 1 is 1.18 bits per heavy atom. The highest BCUT2D eigenvalue weighted by Crippen LogP contribution is 2.16. The molecule has 3 amide bonds. The van der Waals surface area contributed by atoms with E-state index in [4.69, 9.17) is 14.0 Å². The van der Waals surface area contributed by atoms with E-state index in [9.17, 15) is 14.4 Å². The molecule has 2 N–H and O–H groups in total. The van der Waals surface area contributed by atoms with Crippen molar-refractivity contribution in [2.24, 2.45) is 0 Å². The molecule has 0 spiro atoms. The van der Waals surface area contributed by atoms with Crippen LogP contribution < -0.4 is 20.3 Å². The Labute approximate surface area is 192 Å². The summed E-state index contributed by atoms with van der Waals surface area (Å²) in [6.07, 6.45) is 1.78. The van der Waals surface area contributed by atoms with Crippen LogP contribution in [0.25, 0.3) is 0 Å².